The van der Waals surface area contributed by atoms with Crippen LogP contribution in [0.4, 0.5) is 11.4 Å². The fourth-order valence-corrected chi connectivity index (χ4v) is 6.07. The molecule has 4 rings (SSSR count). The molecule has 184 valence electrons. The summed E-state index contributed by atoms with van der Waals surface area (Å²) in [5, 5.41) is 0. The number of nitrogens with zero attached hydrogens (tertiary/aromatic N) is 2. The second-order valence-corrected chi connectivity index (χ2v) is 12.0. The average Bonchev–Trinajstić information content (AvgIpc) is 2.81. The van der Waals surface area contributed by atoms with E-state index in [9.17, 15) is 0 Å². The number of allylic oxidation sites excluding steroid dienone is 5. The zero-order chi connectivity index (χ0) is 24.5. The van der Waals surface area contributed by atoms with Gasteiger partial charge in [0, 0.05) is 29.7 Å². The number of hydrogen-bond acceptors (Lipinski definition) is 5. The van der Waals surface area contributed by atoms with Crippen molar-refractivity contribution in [1.29, 1.82) is 0 Å². The van der Waals surface area contributed by atoms with Crippen molar-refractivity contribution in [3.8, 4) is 0 Å². The van der Waals surface area contributed by atoms with E-state index in [2.05, 4.69) is 93.6 Å². The van der Waals surface area contributed by atoms with Crippen molar-refractivity contribution in [3.63, 3.8) is 0 Å². The number of hydrogen-bond donors (Lipinski definition) is 3. The molecule has 1 aliphatic carbocycles. The third-order valence-corrected chi connectivity index (χ3v) is 8.80. The van der Waals surface area contributed by atoms with Crippen LogP contribution in [-0.4, -0.2) is 29.1 Å². The molecule has 0 spiro atoms. The number of nitrogens with one attached hydrogen (secondary N) is 1. The summed E-state index contributed by atoms with van der Waals surface area (Å²) in [6, 6.07) is 4.81. The van der Waals surface area contributed by atoms with Gasteiger partial charge in [-0.25, -0.2) is 4.99 Å². The number of anilines is 1. The van der Waals surface area contributed by atoms with Crippen LogP contribution in [0.5, 0.6) is 0 Å². The molecule has 0 bridgehead atoms. The Morgan fingerprint density at radius 3 is 2.79 bits per heavy atom. The van der Waals surface area contributed by atoms with E-state index < -0.39 is 0 Å². The Kier molecular flexibility index (Phi) is 7.76. The summed E-state index contributed by atoms with van der Waals surface area (Å²) in [5.74, 6) is 1.25. The van der Waals surface area contributed by atoms with Crippen LogP contribution in [0, 0.1) is 5.92 Å². The van der Waals surface area contributed by atoms with Crippen LogP contribution in [0.1, 0.15) is 70.9 Å². The van der Waals surface area contributed by atoms with Gasteiger partial charge in [0.05, 0.1) is 11.4 Å². The lowest BCUT2D eigenvalue weighted by Gasteiger charge is -2.46. The van der Waals surface area contributed by atoms with Crippen LogP contribution in [0.3, 0.4) is 0 Å². The number of thiol groups is 2. The van der Waals surface area contributed by atoms with E-state index in [4.69, 9.17) is 4.99 Å². The molecule has 0 saturated heterocycles. The van der Waals surface area contributed by atoms with Gasteiger partial charge >= 0.3 is 0 Å². The van der Waals surface area contributed by atoms with Crippen molar-refractivity contribution in [3.05, 3.63) is 59.2 Å². The van der Waals surface area contributed by atoms with Gasteiger partial charge in [-0.1, -0.05) is 30.5 Å². The van der Waals surface area contributed by atoms with Gasteiger partial charge < -0.3 is 4.90 Å². The van der Waals surface area contributed by atoms with Crippen LogP contribution in [0.15, 0.2) is 53.1 Å². The zero-order valence-corrected chi connectivity index (χ0v) is 23.1. The maximum absolute atomic E-state index is 5.18. The highest BCUT2D eigenvalue weighted by atomic mass is 32.1. The summed E-state index contributed by atoms with van der Waals surface area (Å²) in [4.78, 5) is 7.82. The summed E-state index contributed by atoms with van der Waals surface area (Å²) >= 11 is 9.01. The lowest BCUT2D eigenvalue weighted by molar-refractivity contribution is 0.389. The first kappa shape index (κ1) is 25.7. The molecule has 1 unspecified atom stereocenters. The number of aliphatic imine (C=N–C) groups is 1. The Balaban J connectivity index is 1.64. The van der Waals surface area contributed by atoms with E-state index in [1.54, 1.807) is 0 Å². The molecule has 34 heavy (non-hydrogen) atoms. The van der Waals surface area contributed by atoms with Gasteiger partial charge in [0.15, 0.2) is 0 Å². The molecule has 0 fully saturated rings. The van der Waals surface area contributed by atoms with Crippen molar-refractivity contribution >= 4 is 42.5 Å². The SMILES string of the molecule is C=CCCCN1c2cc3c(cc2CCC1(C)C)N=C1C=C(C(CS)CC(C)(C)NS)CC=C1C3. The monoisotopic (exact) mass is 495 g/mol. The van der Waals surface area contributed by atoms with E-state index in [-0.39, 0.29) is 11.1 Å². The van der Waals surface area contributed by atoms with Crippen LogP contribution in [-0.2, 0) is 12.8 Å². The number of fused-ring (bicyclic) bond motifs is 3. The smallest absolute Gasteiger partial charge is 0.0676 e. The third-order valence-electron chi connectivity index (χ3n) is 7.76. The van der Waals surface area contributed by atoms with Crippen molar-refractivity contribution in [1.82, 2.24) is 4.72 Å². The fourth-order valence-electron chi connectivity index (χ4n) is 5.61. The first-order valence-corrected chi connectivity index (χ1v) is 13.8. The molecular weight excluding hydrogens is 454 g/mol. The van der Waals surface area contributed by atoms with Crippen LogP contribution < -0.4 is 9.62 Å². The van der Waals surface area contributed by atoms with Gasteiger partial charge in [-0.2, -0.15) is 12.6 Å². The normalized spacial score (nSPS) is 19.8. The topological polar surface area (TPSA) is 27.6 Å². The molecule has 1 atom stereocenters. The molecule has 2 aliphatic heterocycles. The van der Waals surface area contributed by atoms with E-state index in [0.717, 1.165) is 62.2 Å². The summed E-state index contributed by atoms with van der Waals surface area (Å²) < 4.78 is 3.15. The molecule has 0 aromatic heterocycles. The molecule has 3 nitrogen and oxygen atoms in total. The summed E-state index contributed by atoms with van der Waals surface area (Å²) in [6.07, 6.45) is 14.3. The van der Waals surface area contributed by atoms with Gasteiger partial charge in [-0.15, -0.1) is 6.58 Å². The van der Waals surface area contributed by atoms with Crippen LogP contribution >= 0.6 is 25.4 Å². The van der Waals surface area contributed by atoms with Crippen molar-refractivity contribution in [2.45, 2.75) is 83.7 Å². The summed E-state index contributed by atoms with van der Waals surface area (Å²) in [7, 11) is 0. The lowest BCUT2D eigenvalue weighted by Crippen LogP contribution is -2.48. The summed E-state index contributed by atoms with van der Waals surface area (Å²) in [5.41, 5.74) is 9.50. The second kappa shape index (κ2) is 10.3. The largest absolute Gasteiger partial charge is 0.366 e. The predicted octanol–water partition coefficient (Wildman–Crippen LogP) is 7.22. The highest BCUT2D eigenvalue weighted by molar-refractivity contribution is 7.80. The molecule has 2 heterocycles. The molecule has 0 amide bonds. The Hall–Kier alpha value is -1.43. The Labute approximate surface area is 217 Å². The van der Waals surface area contributed by atoms with E-state index in [1.165, 1.54) is 34.4 Å². The molecule has 3 aliphatic rings. The number of rotatable bonds is 9. The summed E-state index contributed by atoms with van der Waals surface area (Å²) in [6.45, 7) is 14.2. The van der Waals surface area contributed by atoms with Gasteiger partial charge in [-0.3, -0.25) is 4.72 Å². The molecular formula is C29H41N3S2. The molecule has 0 saturated carbocycles. The van der Waals surface area contributed by atoms with E-state index in [0.29, 0.717) is 5.92 Å². The van der Waals surface area contributed by atoms with Crippen molar-refractivity contribution in [2.24, 2.45) is 10.9 Å². The van der Waals surface area contributed by atoms with Crippen LogP contribution in [0.2, 0.25) is 0 Å². The first-order valence-electron chi connectivity index (χ1n) is 12.7. The quantitative estimate of drug-likeness (QED) is 0.192. The predicted molar refractivity (Wildman–Crippen MR) is 155 cm³/mol. The minimum atomic E-state index is -0.0350. The lowest BCUT2D eigenvalue weighted by atomic mass is 9.80. The molecule has 1 N–H and O–H groups in total. The average molecular weight is 496 g/mol. The Bertz CT molecular complexity index is 1030. The fraction of sp³-hybridized carbons (Fsp3) is 0.552. The molecule has 1 aromatic carbocycles. The van der Waals surface area contributed by atoms with Gasteiger partial charge in [-0.05, 0) is 113 Å². The number of benzene rings is 1. The van der Waals surface area contributed by atoms with Gasteiger partial charge in [0.25, 0.3) is 0 Å². The maximum Gasteiger partial charge on any atom is 0.0676 e. The third kappa shape index (κ3) is 5.37. The first-order chi connectivity index (χ1) is 16.2. The van der Waals surface area contributed by atoms with Crippen molar-refractivity contribution < 1.29 is 0 Å². The van der Waals surface area contributed by atoms with E-state index in [1.807, 2.05) is 6.08 Å². The van der Waals surface area contributed by atoms with Crippen LogP contribution in [0.25, 0.3) is 0 Å². The molecule has 1 aromatic rings. The van der Waals surface area contributed by atoms with E-state index >= 15 is 0 Å². The minimum absolute atomic E-state index is 0.0350. The number of aryl methyl sites for hydroxylation is 1. The standard InChI is InChI=1S/C29H41N3S2/c1-6-7-8-13-32-27-17-23-14-21-10-9-20(24(19-33)18-28(2,3)31-34)15-25(21)30-26(23)16-22(27)11-12-29(32,4)5/h6,10,15-17,24,31,33-34H,1,7-9,11-14,18-19H2,2-5H3. The van der Waals surface area contributed by atoms with Gasteiger partial charge in [0.2, 0.25) is 0 Å². The Morgan fingerprint density at radius 1 is 1.29 bits per heavy atom. The Morgan fingerprint density at radius 2 is 2.09 bits per heavy atom. The van der Waals surface area contributed by atoms with Gasteiger partial charge in [0.1, 0.15) is 0 Å². The zero-order valence-electron chi connectivity index (χ0n) is 21.3. The number of unbranched alkanes of at least 4 members (excludes halogenated alkanes) is 1. The highest BCUT2D eigenvalue weighted by Gasteiger charge is 2.34. The maximum atomic E-state index is 5.18. The molecule has 0 radical (unpaired) electrons. The van der Waals surface area contributed by atoms with Crippen molar-refractivity contribution in [2.75, 3.05) is 17.2 Å². The minimum Gasteiger partial charge on any atom is -0.366 e. The molecule has 5 heteroatoms. The highest BCUT2D eigenvalue weighted by Crippen LogP contribution is 2.43. The second-order valence-electron chi connectivity index (χ2n) is 11.4.